The van der Waals surface area contributed by atoms with E-state index in [4.69, 9.17) is 20.4 Å². The van der Waals surface area contributed by atoms with Crippen LogP contribution in [0.4, 0.5) is 11.8 Å². The molecule has 4 heterocycles. The Hall–Kier alpha value is -2.78. The van der Waals surface area contributed by atoms with Crippen molar-refractivity contribution in [2.45, 2.75) is 32.8 Å². The van der Waals surface area contributed by atoms with Gasteiger partial charge in [0.1, 0.15) is 0 Å². The number of ether oxygens (including phenoxy) is 1. The van der Waals surface area contributed by atoms with Crippen molar-refractivity contribution in [2.75, 3.05) is 36.9 Å². The van der Waals surface area contributed by atoms with Gasteiger partial charge in [-0.2, -0.15) is 0 Å². The van der Waals surface area contributed by atoms with Gasteiger partial charge in [0, 0.05) is 37.2 Å². The third kappa shape index (κ3) is 3.20. The maximum absolute atomic E-state index is 10.9. The number of hydrogen-bond donors (Lipinski definition) is 2. The molecule has 1 aliphatic carbocycles. The van der Waals surface area contributed by atoms with Crippen molar-refractivity contribution in [3.8, 4) is 11.3 Å². The first kappa shape index (κ1) is 18.3. The highest BCUT2D eigenvalue weighted by atomic mass is 16.5. The third-order valence-corrected chi connectivity index (χ3v) is 5.69. The van der Waals surface area contributed by atoms with E-state index in [1.807, 2.05) is 10.6 Å². The molecule has 0 bridgehead atoms. The molecule has 152 valence electrons. The number of fused-ring (bicyclic) bond motifs is 3. The maximum atomic E-state index is 10.9. The summed E-state index contributed by atoms with van der Waals surface area (Å²) in [4.78, 5) is 20.2. The average molecular weight is 395 g/mol. The minimum atomic E-state index is -0.570. The molecule has 0 saturated carbocycles. The Bertz CT molecular complexity index is 1050. The Labute approximate surface area is 168 Å². The normalized spacial score (nSPS) is 21.3. The minimum absolute atomic E-state index is 0.00450. The molecule has 1 unspecified atom stereocenters. The highest BCUT2D eigenvalue weighted by Gasteiger charge is 2.36. The van der Waals surface area contributed by atoms with Gasteiger partial charge in [-0.15, -0.1) is 0 Å². The van der Waals surface area contributed by atoms with E-state index in [0.29, 0.717) is 19.6 Å². The van der Waals surface area contributed by atoms with E-state index in [1.165, 1.54) is 0 Å². The number of nitrogen functional groups attached to an aromatic ring is 1. The number of aromatic nitrogens is 5. The smallest absolute Gasteiger partial charge is 0.219 e. The molecule has 9 heteroatoms. The number of rotatable bonds is 2. The Balaban J connectivity index is 1.73. The molecule has 3 aromatic rings. The number of aliphatic hydroxyl groups excluding tert-OH is 1. The lowest BCUT2D eigenvalue weighted by Gasteiger charge is -2.32. The Morgan fingerprint density at radius 1 is 1.17 bits per heavy atom. The average Bonchev–Trinajstić information content (AvgIpc) is 3.05. The van der Waals surface area contributed by atoms with Gasteiger partial charge in [-0.1, -0.05) is 13.8 Å². The van der Waals surface area contributed by atoms with E-state index in [-0.39, 0.29) is 11.4 Å². The first-order valence-corrected chi connectivity index (χ1v) is 9.92. The molecule has 1 atom stereocenters. The zero-order chi connectivity index (χ0) is 20.2. The molecule has 1 saturated heterocycles. The monoisotopic (exact) mass is 395 g/mol. The number of morpholine rings is 1. The van der Waals surface area contributed by atoms with Crippen molar-refractivity contribution in [2.24, 2.45) is 5.41 Å². The van der Waals surface area contributed by atoms with E-state index in [0.717, 1.165) is 53.6 Å². The summed E-state index contributed by atoms with van der Waals surface area (Å²) in [7, 11) is 0. The van der Waals surface area contributed by atoms with Crippen LogP contribution in [0, 0.1) is 5.41 Å². The number of anilines is 2. The topological polar surface area (TPSA) is 115 Å². The predicted octanol–water partition coefficient (Wildman–Crippen LogP) is 1.61. The molecule has 0 spiro atoms. The summed E-state index contributed by atoms with van der Waals surface area (Å²) in [5.41, 5.74) is 9.71. The van der Waals surface area contributed by atoms with Crippen LogP contribution in [-0.2, 0) is 11.2 Å². The van der Waals surface area contributed by atoms with Crippen LogP contribution in [0.25, 0.3) is 16.9 Å². The fourth-order valence-corrected chi connectivity index (χ4v) is 4.32. The number of hydrogen-bond acceptors (Lipinski definition) is 8. The van der Waals surface area contributed by atoms with Gasteiger partial charge in [-0.3, -0.25) is 4.40 Å². The summed E-state index contributed by atoms with van der Waals surface area (Å²) < 4.78 is 7.52. The molecule has 0 amide bonds. The van der Waals surface area contributed by atoms with Gasteiger partial charge in [0.2, 0.25) is 5.95 Å². The second kappa shape index (κ2) is 6.64. The van der Waals surface area contributed by atoms with Crippen LogP contribution in [0.5, 0.6) is 0 Å². The first-order chi connectivity index (χ1) is 13.9. The molecule has 1 fully saturated rings. The molecule has 0 radical (unpaired) electrons. The van der Waals surface area contributed by atoms with Crippen molar-refractivity contribution < 1.29 is 9.84 Å². The highest BCUT2D eigenvalue weighted by Crippen LogP contribution is 2.42. The van der Waals surface area contributed by atoms with Gasteiger partial charge in [-0.05, 0) is 18.3 Å². The standard InChI is InChI=1S/C20H25N7O2/c1-20(2)7-13-16(15(28)8-20)27-11-14(12-9-22-19(21)23-10-12)25-17(18(27)24-13)26-3-5-29-6-4-26/h9-11,15,28H,3-8H2,1-2H3,(H2,21,22,23). The van der Waals surface area contributed by atoms with E-state index >= 15 is 0 Å². The second-order valence-electron chi connectivity index (χ2n) is 8.58. The lowest BCUT2D eigenvalue weighted by molar-refractivity contribution is 0.0944. The van der Waals surface area contributed by atoms with Crippen LogP contribution in [-0.4, -0.2) is 55.7 Å². The number of imidazole rings is 1. The highest BCUT2D eigenvalue weighted by molar-refractivity contribution is 5.71. The van der Waals surface area contributed by atoms with Gasteiger partial charge < -0.3 is 20.5 Å². The molecule has 3 N–H and O–H groups in total. The number of nitrogens with zero attached hydrogens (tertiary/aromatic N) is 6. The van der Waals surface area contributed by atoms with Crippen LogP contribution < -0.4 is 10.6 Å². The van der Waals surface area contributed by atoms with Crippen molar-refractivity contribution in [1.29, 1.82) is 0 Å². The van der Waals surface area contributed by atoms with Crippen LogP contribution in [0.2, 0.25) is 0 Å². The summed E-state index contributed by atoms with van der Waals surface area (Å²) in [6.45, 7) is 7.13. The molecule has 1 aliphatic heterocycles. The molecule has 29 heavy (non-hydrogen) atoms. The summed E-state index contributed by atoms with van der Waals surface area (Å²) >= 11 is 0. The zero-order valence-corrected chi connectivity index (χ0v) is 16.7. The Kier molecular flexibility index (Phi) is 4.18. The summed E-state index contributed by atoms with van der Waals surface area (Å²) in [5.74, 6) is 1.02. The quantitative estimate of drug-likeness (QED) is 0.673. The molecule has 2 aliphatic rings. The van der Waals surface area contributed by atoms with Gasteiger partial charge in [0.05, 0.1) is 36.4 Å². The predicted molar refractivity (Wildman–Crippen MR) is 109 cm³/mol. The SMILES string of the molecule is CC1(C)Cc2nc3c(N4CCOCC4)nc(-c4cnc(N)nc4)cn3c2C(O)C1. The Morgan fingerprint density at radius 3 is 2.62 bits per heavy atom. The largest absolute Gasteiger partial charge is 0.387 e. The van der Waals surface area contributed by atoms with Crippen LogP contribution in [0.1, 0.15) is 37.8 Å². The molecule has 3 aromatic heterocycles. The number of nitrogens with two attached hydrogens (primary N) is 1. The minimum Gasteiger partial charge on any atom is -0.387 e. The van der Waals surface area contributed by atoms with Crippen molar-refractivity contribution in [3.05, 3.63) is 30.0 Å². The van der Waals surface area contributed by atoms with E-state index in [2.05, 4.69) is 28.7 Å². The van der Waals surface area contributed by atoms with Crippen molar-refractivity contribution in [3.63, 3.8) is 0 Å². The van der Waals surface area contributed by atoms with E-state index in [9.17, 15) is 5.11 Å². The van der Waals surface area contributed by atoms with Crippen LogP contribution in [0.15, 0.2) is 18.6 Å². The first-order valence-electron chi connectivity index (χ1n) is 9.92. The summed E-state index contributed by atoms with van der Waals surface area (Å²) in [6, 6.07) is 0. The zero-order valence-electron chi connectivity index (χ0n) is 16.7. The lowest BCUT2D eigenvalue weighted by Crippen LogP contribution is -2.37. The van der Waals surface area contributed by atoms with Gasteiger partial charge in [0.15, 0.2) is 11.5 Å². The number of aliphatic hydroxyl groups is 1. The molecular formula is C20H25N7O2. The van der Waals surface area contributed by atoms with E-state index < -0.39 is 6.10 Å². The second-order valence-corrected chi connectivity index (χ2v) is 8.58. The van der Waals surface area contributed by atoms with Crippen molar-refractivity contribution in [1.82, 2.24) is 24.3 Å². The fourth-order valence-electron chi connectivity index (χ4n) is 4.32. The van der Waals surface area contributed by atoms with Crippen molar-refractivity contribution >= 4 is 17.4 Å². The van der Waals surface area contributed by atoms with Gasteiger partial charge >= 0.3 is 0 Å². The Morgan fingerprint density at radius 2 is 1.90 bits per heavy atom. The maximum Gasteiger partial charge on any atom is 0.219 e. The fraction of sp³-hybridized carbons (Fsp3) is 0.500. The molecule has 0 aromatic carbocycles. The van der Waals surface area contributed by atoms with Gasteiger partial charge in [-0.25, -0.2) is 19.9 Å². The molecule has 5 rings (SSSR count). The van der Waals surface area contributed by atoms with Crippen LogP contribution >= 0.6 is 0 Å². The van der Waals surface area contributed by atoms with E-state index in [1.54, 1.807) is 12.4 Å². The summed E-state index contributed by atoms with van der Waals surface area (Å²) in [6.07, 6.45) is 6.21. The van der Waals surface area contributed by atoms with Gasteiger partial charge in [0.25, 0.3) is 0 Å². The van der Waals surface area contributed by atoms with Crippen LogP contribution in [0.3, 0.4) is 0 Å². The molecule has 9 nitrogen and oxygen atoms in total. The molecular weight excluding hydrogens is 370 g/mol. The third-order valence-electron chi connectivity index (χ3n) is 5.69. The summed E-state index contributed by atoms with van der Waals surface area (Å²) in [5, 5.41) is 10.9. The lowest BCUT2D eigenvalue weighted by atomic mass is 9.76.